The number of carbonyl (C=O) groups excluding carboxylic acids is 2. The lowest BCUT2D eigenvalue weighted by Gasteiger charge is -2.17. The average Bonchev–Trinajstić information content (AvgIpc) is 2.76. The fourth-order valence-electron chi connectivity index (χ4n) is 2.96. The zero-order valence-corrected chi connectivity index (χ0v) is 16.7. The highest BCUT2D eigenvalue weighted by Gasteiger charge is 2.21. The number of rotatable bonds is 7. The molecule has 3 aromatic rings. The minimum Gasteiger partial charge on any atom is -0.419 e. The van der Waals surface area contributed by atoms with Gasteiger partial charge in [-0.3, -0.25) is 0 Å². The number of unbranched alkanes of at least 4 members (excludes halogenated alkanes) is 1. The highest BCUT2D eigenvalue weighted by atomic mass is 16.6. The van der Waals surface area contributed by atoms with E-state index in [4.69, 9.17) is 9.47 Å². The molecule has 29 heavy (non-hydrogen) atoms. The molecule has 0 heterocycles. The van der Waals surface area contributed by atoms with E-state index in [1.165, 1.54) is 0 Å². The van der Waals surface area contributed by atoms with Crippen molar-refractivity contribution in [2.24, 2.45) is 0 Å². The molecule has 0 radical (unpaired) electrons. The van der Waals surface area contributed by atoms with Crippen LogP contribution >= 0.6 is 0 Å². The highest BCUT2D eigenvalue weighted by Crippen LogP contribution is 2.37. The van der Waals surface area contributed by atoms with Crippen LogP contribution in [0.1, 0.15) is 51.6 Å². The standard InChI is InChI=1S/C25H24O4/c1-3-4-11-19-17-16-18(2)22(28-24(26)20-12-7-5-8-13-20)23(19)29-25(27)21-14-9-6-10-15-21/h5-10,12-17H,3-4,11H2,1-2H3. The second-order valence-corrected chi connectivity index (χ2v) is 6.81. The van der Waals surface area contributed by atoms with Crippen LogP contribution in [0, 0.1) is 6.92 Å². The van der Waals surface area contributed by atoms with Gasteiger partial charge in [-0.05, 0) is 55.2 Å². The molecule has 4 heteroatoms. The van der Waals surface area contributed by atoms with Crippen LogP contribution in [-0.2, 0) is 6.42 Å². The minimum absolute atomic E-state index is 0.289. The number of hydrogen-bond acceptors (Lipinski definition) is 4. The predicted molar refractivity (Wildman–Crippen MR) is 113 cm³/mol. The van der Waals surface area contributed by atoms with Crippen LogP contribution in [0.3, 0.4) is 0 Å². The molecule has 0 N–H and O–H groups in total. The Bertz CT molecular complexity index is 978. The molecule has 3 aromatic carbocycles. The Morgan fingerprint density at radius 2 is 1.24 bits per heavy atom. The molecule has 0 aliphatic rings. The first-order chi connectivity index (χ1) is 14.1. The van der Waals surface area contributed by atoms with Crippen molar-refractivity contribution in [3.8, 4) is 11.5 Å². The molecule has 0 spiro atoms. The lowest BCUT2D eigenvalue weighted by molar-refractivity contribution is 0.0680. The third-order valence-electron chi connectivity index (χ3n) is 4.60. The maximum absolute atomic E-state index is 12.7. The van der Waals surface area contributed by atoms with Crippen molar-refractivity contribution < 1.29 is 19.1 Å². The number of esters is 2. The molecule has 0 amide bonds. The molecule has 3 rings (SSSR count). The molecule has 0 saturated carbocycles. The first-order valence-corrected chi connectivity index (χ1v) is 9.77. The molecule has 0 aromatic heterocycles. The number of carbonyl (C=O) groups is 2. The quantitative estimate of drug-likeness (QED) is 0.380. The van der Waals surface area contributed by atoms with Crippen molar-refractivity contribution in [1.82, 2.24) is 0 Å². The van der Waals surface area contributed by atoms with Crippen LogP contribution in [0.4, 0.5) is 0 Å². The number of benzene rings is 3. The molecular formula is C25H24O4. The van der Waals surface area contributed by atoms with Crippen molar-refractivity contribution in [1.29, 1.82) is 0 Å². The summed E-state index contributed by atoms with van der Waals surface area (Å²) < 4.78 is 11.5. The van der Waals surface area contributed by atoms with Gasteiger partial charge in [0.2, 0.25) is 0 Å². The Labute approximate surface area is 171 Å². The summed E-state index contributed by atoms with van der Waals surface area (Å²) >= 11 is 0. The van der Waals surface area contributed by atoms with E-state index >= 15 is 0 Å². The van der Waals surface area contributed by atoms with Crippen molar-refractivity contribution >= 4 is 11.9 Å². The second-order valence-electron chi connectivity index (χ2n) is 6.81. The Kier molecular flexibility index (Phi) is 6.80. The predicted octanol–water partition coefficient (Wildman–Crippen LogP) is 5.78. The fourth-order valence-corrected chi connectivity index (χ4v) is 2.96. The minimum atomic E-state index is -0.488. The third-order valence-corrected chi connectivity index (χ3v) is 4.60. The van der Waals surface area contributed by atoms with Crippen LogP contribution in [-0.4, -0.2) is 11.9 Å². The van der Waals surface area contributed by atoms with E-state index in [0.29, 0.717) is 16.9 Å². The average molecular weight is 388 g/mol. The molecular weight excluding hydrogens is 364 g/mol. The summed E-state index contributed by atoms with van der Waals surface area (Å²) in [5.74, 6) is -0.363. The smallest absolute Gasteiger partial charge is 0.343 e. The Morgan fingerprint density at radius 3 is 1.76 bits per heavy atom. The Morgan fingerprint density at radius 1 is 0.724 bits per heavy atom. The van der Waals surface area contributed by atoms with Crippen LogP contribution < -0.4 is 9.47 Å². The summed E-state index contributed by atoms with van der Waals surface area (Å²) in [5, 5.41) is 0. The van der Waals surface area contributed by atoms with Gasteiger partial charge in [0.1, 0.15) is 0 Å². The monoisotopic (exact) mass is 388 g/mol. The van der Waals surface area contributed by atoms with Gasteiger partial charge >= 0.3 is 11.9 Å². The van der Waals surface area contributed by atoms with Gasteiger partial charge in [0.25, 0.3) is 0 Å². The summed E-state index contributed by atoms with van der Waals surface area (Å²) in [6.45, 7) is 3.93. The van der Waals surface area contributed by atoms with Gasteiger partial charge < -0.3 is 9.47 Å². The molecule has 0 saturated heterocycles. The molecule has 0 atom stereocenters. The van der Waals surface area contributed by atoms with Crippen molar-refractivity contribution in [2.75, 3.05) is 0 Å². The lowest BCUT2D eigenvalue weighted by atomic mass is 10.0. The SMILES string of the molecule is CCCCc1ccc(C)c(OC(=O)c2ccccc2)c1OC(=O)c1ccccc1. The van der Waals surface area contributed by atoms with Crippen LogP contribution in [0.5, 0.6) is 11.5 Å². The summed E-state index contributed by atoms with van der Waals surface area (Å²) in [7, 11) is 0. The zero-order valence-electron chi connectivity index (χ0n) is 16.7. The molecule has 0 bridgehead atoms. The van der Waals surface area contributed by atoms with E-state index in [0.717, 1.165) is 30.4 Å². The topological polar surface area (TPSA) is 52.6 Å². The van der Waals surface area contributed by atoms with Gasteiger partial charge in [-0.25, -0.2) is 9.59 Å². The van der Waals surface area contributed by atoms with Gasteiger partial charge in [0.05, 0.1) is 11.1 Å². The molecule has 0 aliphatic carbocycles. The normalized spacial score (nSPS) is 10.4. The molecule has 0 fully saturated rings. The van der Waals surface area contributed by atoms with Crippen LogP contribution in [0.25, 0.3) is 0 Å². The van der Waals surface area contributed by atoms with Crippen molar-refractivity contribution in [3.63, 3.8) is 0 Å². The highest BCUT2D eigenvalue weighted by molar-refractivity contribution is 5.93. The summed E-state index contributed by atoms with van der Waals surface area (Å²) in [6.07, 6.45) is 2.66. The third kappa shape index (κ3) is 5.11. The maximum atomic E-state index is 12.7. The zero-order chi connectivity index (χ0) is 20.6. The number of aryl methyl sites for hydroxylation is 2. The molecule has 0 aliphatic heterocycles. The summed E-state index contributed by atoms with van der Waals surface area (Å²) in [4.78, 5) is 25.3. The van der Waals surface area contributed by atoms with Gasteiger partial charge in [-0.1, -0.05) is 61.9 Å². The van der Waals surface area contributed by atoms with E-state index in [2.05, 4.69) is 6.92 Å². The maximum Gasteiger partial charge on any atom is 0.343 e. The molecule has 4 nitrogen and oxygen atoms in total. The largest absolute Gasteiger partial charge is 0.419 e. The first kappa shape index (κ1) is 20.3. The van der Waals surface area contributed by atoms with Gasteiger partial charge in [0, 0.05) is 0 Å². The Balaban J connectivity index is 1.97. The van der Waals surface area contributed by atoms with E-state index < -0.39 is 11.9 Å². The molecule has 0 unspecified atom stereocenters. The van der Waals surface area contributed by atoms with Crippen molar-refractivity contribution in [2.45, 2.75) is 33.1 Å². The summed E-state index contributed by atoms with van der Waals surface area (Å²) in [5.41, 5.74) is 2.45. The Hall–Kier alpha value is -3.40. The van der Waals surface area contributed by atoms with Gasteiger partial charge in [0.15, 0.2) is 11.5 Å². The van der Waals surface area contributed by atoms with Crippen LogP contribution in [0.2, 0.25) is 0 Å². The van der Waals surface area contributed by atoms with Gasteiger partial charge in [-0.2, -0.15) is 0 Å². The van der Waals surface area contributed by atoms with Gasteiger partial charge in [-0.15, -0.1) is 0 Å². The van der Waals surface area contributed by atoms with E-state index in [1.54, 1.807) is 48.5 Å². The van der Waals surface area contributed by atoms with Crippen LogP contribution in [0.15, 0.2) is 72.8 Å². The first-order valence-electron chi connectivity index (χ1n) is 9.77. The number of hydrogen-bond donors (Lipinski definition) is 0. The van der Waals surface area contributed by atoms with E-state index in [9.17, 15) is 9.59 Å². The fraction of sp³-hybridized carbons (Fsp3) is 0.200. The van der Waals surface area contributed by atoms with E-state index in [-0.39, 0.29) is 5.75 Å². The second kappa shape index (κ2) is 9.69. The van der Waals surface area contributed by atoms with E-state index in [1.807, 2.05) is 31.2 Å². The molecule has 148 valence electrons. The van der Waals surface area contributed by atoms with Crippen molar-refractivity contribution in [3.05, 3.63) is 95.1 Å². The lowest BCUT2D eigenvalue weighted by Crippen LogP contribution is -2.14. The summed E-state index contributed by atoms with van der Waals surface area (Å²) in [6, 6.07) is 21.4. The number of ether oxygens (including phenoxy) is 2.